The van der Waals surface area contributed by atoms with Crippen LogP contribution in [0.2, 0.25) is 0 Å². The largest absolute Gasteiger partial charge is 0.360 e. The summed E-state index contributed by atoms with van der Waals surface area (Å²) in [5, 5.41) is 1.30. The van der Waals surface area contributed by atoms with Crippen molar-refractivity contribution >= 4 is 22.4 Å². The molecule has 114 valence electrons. The molecule has 0 radical (unpaired) electrons. The van der Waals surface area contributed by atoms with Crippen molar-refractivity contribution in [2.24, 2.45) is 5.92 Å². The molecular weight excluding hydrogens is 272 g/mol. The predicted molar refractivity (Wildman–Crippen MR) is 89.6 cm³/mol. The molecule has 1 aliphatic heterocycles. The number of rotatable bonds is 2. The zero-order valence-corrected chi connectivity index (χ0v) is 13.1. The van der Waals surface area contributed by atoms with E-state index >= 15 is 0 Å². The van der Waals surface area contributed by atoms with Gasteiger partial charge in [0.25, 0.3) is 0 Å². The van der Waals surface area contributed by atoms with Gasteiger partial charge in [0.2, 0.25) is 5.91 Å². The van der Waals surface area contributed by atoms with Gasteiger partial charge < -0.3 is 9.88 Å². The second kappa shape index (κ2) is 5.31. The maximum Gasteiger partial charge on any atom is 0.225 e. The van der Waals surface area contributed by atoms with Crippen molar-refractivity contribution in [2.75, 3.05) is 13.1 Å². The van der Waals surface area contributed by atoms with Gasteiger partial charge in [-0.15, -0.1) is 0 Å². The Morgan fingerprint density at radius 1 is 1.32 bits per heavy atom. The highest BCUT2D eigenvalue weighted by atomic mass is 16.2. The normalized spacial score (nSPS) is 19.1. The van der Waals surface area contributed by atoms with E-state index in [1.54, 1.807) is 0 Å². The molecule has 1 aliphatic carbocycles. The van der Waals surface area contributed by atoms with Gasteiger partial charge in [-0.3, -0.25) is 4.79 Å². The van der Waals surface area contributed by atoms with E-state index in [1.807, 2.05) is 4.90 Å². The van der Waals surface area contributed by atoms with Crippen molar-refractivity contribution in [3.05, 3.63) is 41.6 Å². The summed E-state index contributed by atoms with van der Waals surface area (Å²) in [6, 6.07) is 6.43. The molecule has 0 spiro atoms. The van der Waals surface area contributed by atoms with Gasteiger partial charge in [0.1, 0.15) is 0 Å². The summed E-state index contributed by atoms with van der Waals surface area (Å²) in [5.74, 6) is 0.682. The molecule has 1 aromatic carbocycles. The molecule has 3 nitrogen and oxygen atoms in total. The molecule has 22 heavy (non-hydrogen) atoms. The first-order chi connectivity index (χ1) is 10.7. The number of carbonyl (C=O) groups is 1. The number of hydrogen-bond acceptors (Lipinski definition) is 1. The van der Waals surface area contributed by atoms with E-state index in [4.69, 9.17) is 0 Å². The van der Waals surface area contributed by atoms with E-state index in [1.165, 1.54) is 34.0 Å². The third kappa shape index (κ3) is 2.16. The van der Waals surface area contributed by atoms with E-state index in [-0.39, 0.29) is 0 Å². The molecule has 2 heterocycles. The quantitative estimate of drug-likeness (QED) is 0.896. The third-order valence-corrected chi connectivity index (χ3v) is 5.24. The van der Waals surface area contributed by atoms with Gasteiger partial charge in [-0.1, -0.05) is 30.7 Å². The Hall–Kier alpha value is -2.03. The summed E-state index contributed by atoms with van der Waals surface area (Å²) >= 11 is 0. The Labute approximate surface area is 131 Å². The summed E-state index contributed by atoms with van der Waals surface area (Å²) in [5.41, 5.74) is 5.18. The van der Waals surface area contributed by atoms with Gasteiger partial charge in [-0.25, -0.2) is 0 Å². The SMILES string of the molecule is Cc1cccc2c(C3=CCN(C(=O)C4CCC4)CC3)c[nH]c12. The molecule has 1 fully saturated rings. The Morgan fingerprint density at radius 2 is 2.18 bits per heavy atom. The first-order valence-electron chi connectivity index (χ1n) is 8.29. The maximum absolute atomic E-state index is 12.3. The zero-order valence-electron chi connectivity index (χ0n) is 13.1. The van der Waals surface area contributed by atoms with E-state index < -0.39 is 0 Å². The molecule has 1 amide bonds. The van der Waals surface area contributed by atoms with Crippen molar-refractivity contribution in [2.45, 2.75) is 32.6 Å². The zero-order chi connectivity index (χ0) is 15.1. The Balaban J connectivity index is 1.57. The fraction of sp³-hybridized carbons (Fsp3) is 0.421. The number of hydrogen-bond donors (Lipinski definition) is 1. The minimum absolute atomic E-state index is 0.311. The second-order valence-corrected chi connectivity index (χ2v) is 6.59. The van der Waals surface area contributed by atoms with Crippen molar-refractivity contribution in [1.29, 1.82) is 0 Å². The molecule has 3 heteroatoms. The van der Waals surface area contributed by atoms with Crippen LogP contribution in [0.5, 0.6) is 0 Å². The smallest absolute Gasteiger partial charge is 0.225 e. The van der Waals surface area contributed by atoms with Crippen LogP contribution in [0.25, 0.3) is 16.5 Å². The lowest BCUT2D eigenvalue weighted by atomic mass is 9.84. The minimum atomic E-state index is 0.311. The Kier molecular flexibility index (Phi) is 3.29. The molecule has 0 bridgehead atoms. The van der Waals surface area contributed by atoms with E-state index in [0.29, 0.717) is 11.8 Å². The topological polar surface area (TPSA) is 36.1 Å². The fourth-order valence-electron chi connectivity index (χ4n) is 3.60. The van der Waals surface area contributed by atoms with Crippen molar-refractivity contribution in [3.63, 3.8) is 0 Å². The van der Waals surface area contributed by atoms with Crippen LogP contribution in [0.15, 0.2) is 30.5 Å². The number of H-pyrrole nitrogens is 1. The number of carbonyl (C=O) groups excluding carboxylic acids is 1. The lowest BCUT2D eigenvalue weighted by Crippen LogP contribution is -2.41. The molecule has 2 aromatic rings. The molecule has 0 saturated heterocycles. The van der Waals surface area contributed by atoms with Crippen LogP contribution in [0.3, 0.4) is 0 Å². The number of aryl methyl sites for hydroxylation is 1. The number of benzene rings is 1. The number of aromatic amines is 1. The van der Waals surface area contributed by atoms with Gasteiger partial charge >= 0.3 is 0 Å². The number of fused-ring (bicyclic) bond motifs is 1. The highest BCUT2D eigenvalue weighted by molar-refractivity contribution is 5.94. The average molecular weight is 294 g/mol. The average Bonchev–Trinajstić information content (AvgIpc) is 2.91. The van der Waals surface area contributed by atoms with Crippen molar-refractivity contribution < 1.29 is 4.79 Å². The summed E-state index contributed by atoms with van der Waals surface area (Å²) in [4.78, 5) is 17.8. The van der Waals surface area contributed by atoms with Crippen LogP contribution in [0, 0.1) is 12.8 Å². The first kappa shape index (κ1) is 13.6. The van der Waals surface area contributed by atoms with Gasteiger partial charge in [-0.05, 0) is 37.3 Å². The molecule has 1 aromatic heterocycles. The molecule has 1 N–H and O–H groups in total. The predicted octanol–water partition coefficient (Wildman–Crippen LogP) is 3.89. The first-order valence-corrected chi connectivity index (χ1v) is 8.29. The van der Waals surface area contributed by atoms with Crippen LogP contribution >= 0.6 is 0 Å². The van der Waals surface area contributed by atoms with Crippen LogP contribution in [0.4, 0.5) is 0 Å². The number of para-hydroxylation sites is 1. The molecule has 1 saturated carbocycles. The minimum Gasteiger partial charge on any atom is -0.360 e. The van der Waals surface area contributed by atoms with Gasteiger partial charge in [0.15, 0.2) is 0 Å². The van der Waals surface area contributed by atoms with Crippen molar-refractivity contribution in [3.8, 4) is 0 Å². The van der Waals surface area contributed by atoms with Crippen LogP contribution < -0.4 is 0 Å². The van der Waals surface area contributed by atoms with Gasteiger partial charge in [0, 0.05) is 41.7 Å². The Morgan fingerprint density at radius 3 is 2.86 bits per heavy atom. The Bertz CT molecular complexity index is 752. The maximum atomic E-state index is 12.3. The molecular formula is C19H22N2O. The fourth-order valence-corrected chi connectivity index (χ4v) is 3.60. The highest BCUT2D eigenvalue weighted by Gasteiger charge is 2.30. The van der Waals surface area contributed by atoms with E-state index in [2.05, 4.69) is 42.4 Å². The number of nitrogens with zero attached hydrogens (tertiary/aromatic N) is 1. The number of nitrogens with one attached hydrogen (secondary N) is 1. The lowest BCUT2D eigenvalue weighted by molar-refractivity contribution is -0.137. The van der Waals surface area contributed by atoms with Crippen LogP contribution in [0.1, 0.15) is 36.8 Å². The van der Waals surface area contributed by atoms with Gasteiger partial charge in [0.05, 0.1) is 0 Å². The standard InChI is InChI=1S/C19H22N2O/c1-13-4-2-7-16-17(12-20-18(13)16)14-8-10-21(11-9-14)19(22)15-5-3-6-15/h2,4,7-8,12,15,20H,3,5-6,9-11H2,1H3. The molecule has 0 unspecified atom stereocenters. The molecule has 2 aliphatic rings. The second-order valence-electron chi connectivity index (χ2n) is 6.59. The van der Waals surface area contributed by atoms with Crippen molar-refractivity contribution in [1.82, 2.24) is 9.88 Å². The third-order valence-electron chi connectivity index (χ3n) is 5.24. The lowest BCUT2D eigenvalue weighted by Gasteiger charge is -2.33. The van der Waals surface area contributed by atoms with Gasteiger partial charge in [-0.2, -0.15) is 0 Å². The summed E-state index contributed by atoms with van der Waals surface area (Å²) in [6.45, 7) is 3.76. The monoisotopic (exact) mass is 294 g/mol. The number of aromatic nitrogens is 1. The summed E-state index contributed by atoms with van der Waals surface area (Å²) in [6.07, 6.45) is 8.72. The molecule has 4 rings (SSSR count). The summed E-state index contributed by atoms with van der Waals surface area (Å²) in [7, 11) is 0. The molecule has 0 atom stereocenters. The summed E-state index contributed by atoms with van der Waals surface area (Å²) < 4.78 is 0. The number of amides is 1. The van der Waals surface area contributed by atoms with E-state index in [9.17, 15) is 4.79 Å². The van der Waals surface area contributed by atoms with Crippen LogP contribution in [-0.2, 0) is 4.79 Å². The van der Waals surface area contributed by atoms with Crippen LogP contribution in [-0.4, -0.2) is 28.9 Å². The van der Waals surface area contributed by atoms with E-state index in [0.717, 1.165) is 32.4 Å². The highest BCUT2D eigenvalue weighted by Crippen LogP contribution is 2.33.